The summed E-state index contributed by atoms with van der Waals surface area (Å²) in [6.07, 6.45) is 4.72. The molecule has 1 atom stereocenters. The first-order chi connectivity index (χ1) is 13.1. The summed E-state index contributed by atoms with van der Waals surface area (Å²) in [6.45, 7) is 4.76. The third-order valence-corrected chi connectivity index (χ3v) is 6.16. The first kappa shape index (κ1) is 18.2. The summed E-state index contributed by atoms with van der Waals surface area (Å²) in [5.41, 5.74) is 3.60. The smallest absolute Gasteiger partial charge is 0.220 e. The van der Waals surface area contributed by atoms with Gasteiger partial charge in [0.15, 0.2) is 0 Å². The molecule has 2 fully saturated rings. The number of hydrogen-bond acceptors (Lipinski definition) is 4. The molecular formula is C21H29N5O. The largest absolute Gasteiger partial charge is 0.356 e. The topological polar surface area (TPSA) is 53.4 Å². The number of nitrogens with one attached hydrogen (secondary N) is 1. The van der Waals surface area contributed by atoms with Crippen LogP contribution >= 0.6 is 0 Å². The molecule has 0 radical (unpaired) electrons. The minimum atomic E-state index is 0.0898. The molecule has 6 heteroatoms. The average Bonchev–Trinajstić information content (AvgIpc) is 2.93. The summed E-state index contributed by atoms with van der Waals surface area (Å²) < 4.78 is 1.91. The fourth-order valence-corrected chi connectivity index (χ4v) is 4.55. The molecule has 3 heterocycles. The molecule has 1 unspecified atom stereocenters. The Hall–Kier alpha value is -2.18. The number of nitrogens with zero attached hydrogens (tertiary/aromatic N) is 4. The van der Waals surface area contributed by atoms with Crippen LogP contribution in [0.25, 0.3) is 11.3 Å². The van der Waals surface area contributed by atoms with Crippen molar-refractivity contribution in [2.24, 2.45) is 7.05 Å². The molecule has 1 aromatic heterocycles. The van der Waals surface area contributed by atoms with E-state index in [4.69, 9.17) is 5.10 Å². The normalized spacial score (nSPS) is 24.7. The minimum absolute atomic E-state index is 0.0898. The molecule has 2 aliphatic rings. The summed E-state index contributed by atoms with van der Waals surface area (Å²) >= 11 is 0. The van der Waals surface area contributed by atoms with Gasteiger partial charge in [-0.05, 0) is 19.9 Å². The standard InChI is InChI=1S/C21H29N5O/c1-24-12-13-26(16-21(24)9-8-19(27)22-11-10-21)15-18-14-25(2)23-20(18)17-6-4-3-5-7-17/h3-7,14H,8-13,15-16H2,1-2H3,(H,22,27). The summed E-state index contributed by atoms with van der Waals surface area (Å²) in [4.78, 5) is 16.9. The Morgan fingerprint density at radius 2 is 1.96 bits per heavy atom. The van der Waals surface area contributed by atoms with Crippen LogP contribution in [0.2, 0.25) is 0 Å². The highest BCUT2D eigenvalue weighted by Crippen LogP contribution is 2.32. The zero-order valence-corrected chi connectivity index (χ0v) is 16.3. The van der Waals surface area contributed by atoms with Gasteiger partial charge in [-0.2, -0.15) is 5.10 Å². The van der Waals surface area contributed by atoms with E-state index in [-0.39, 0.29) is 11.4 Å². The number of likely N-dealkylation sites (N-methyl/N-ethyl adjacent to an activating group) is 1. The van der Waals surface area contributed by atoms with E-state index in [1.807, 2.05) is 17.8 Å². The van der Waals surface area contributed by atoms with Gasteiger partial charge >= 0.3 is 0 Å². The van der Waals surface area contributed by atoms with Crippen LogP contribution in [0.15, 0.2) is 36.5 Å². The van der Waals surface area contributed by atoms with Crippen LogP contribution in [0, 0.1) is 0 Å². The van der Waals surface area contributed by atoms with Crippen LogP contribution in [-0.2, 0) is 18.4 Å². The van der Waals surface area contributed by atoms with Gasteiger partial charge in [0.1, 0.15) is 0 Å². The van der Waals surface area contributed by atoms with Crippen molar-refractivity contribution in [1.29, 1.82) is 0 Å². The Morgan fingerprint density at radius 3 is 2.78 bits per heavy atom. The summed E-state index contributed by atoms with van der Waals surface area (Å²) in [7, 11) is 4.20. The van der Waals surface area contributed by atoms with Crippen molar-refractivity contribution in [1.82, 2.24) is 24.9 Å². The molecule has 2 saturated heterocycles. The van der Waals surface area contributed by atoms with E-state index < -0.39 is 0 Å². The maximum Gasteiger partial charge on any atom is 0.220 e. The quantitative estimate of drug-likeness (QED) is 0.900. The molecule has 4 rings (SSSR count). The highest BCUT2D eigenvalue weighted by molar-refractivity contribution is 5.76. The van der Waals surface area contributed by atoms with Gasteiger partial charge in [-0.15, -0.1) is 0 Å². The van der Waals surface area contributed by atoms with Crippen molar-refractivity contribution in [2.75, 3.05) is 33.2 Å². The van der Waals surface area contributed by atoms with E-state index in [0.717, 1.165) is 51.3 Å². The molecule has 2 aromatic rings. The van der Waals surface area contributed by atoms with Gasteiger partial charge in [0.25, 0.3) is 0 Å². The van der Waals surface area contributed by atoms with Crippen LogP contribution < -0.4 is 5.32 Å². The molecule has 0 aliphatic carbocycles. The lowest BCUT2D eigenvalue weighted by molar-refractivity contribution is -0.121. The number of rotatable bonds is 3. The van der Waals surface area contributed by atoms with Gasteiger partial charge in [-0.3, -0.25) is 19.3 Å². The van der Waals surface area contributed by atoms with Crippen molar-refractivity contribution in [3.05, 3.63) is 42.1 Å². The zero-order chi connectivity index (χ0) is 18.9. The third-order valence-electron chi connectivity index (χ3n) is 6.16. The Balaban J connectivity index is 1.54. The molecule has 6 nitrogen and oxygen atoms in total. The highest BCUT2D eigenvalue weighted by atomic mass is 16.1. The molecule has 1 spiro atoms. The maximum absolute atomic E-state index is 11.8. The lowest BCUT2D eigenvalue weighted by Crippen LogP contribution is -2.60. The fraction of sp³-hybridized carbons (Fsp3) is 0.524. The van der Waals surface area contributed by atoms with E-state index in [2.05, 4.69) is 52.6 Å². The Kier molecular flexibility index (Phi) is 5.02. The molecule has 1 amide bonds. The first-order valence-corrected chi connectivity index (χ1v) is 9.84. The van der Waals surface area contributed by atoms with Gasteiger partial charge < -0.3 is 5.32 Å². The van der Waals surface area contributed by atoms with Crippen LogP contribution in [0.1, 0.15) is 24.8 Å². The number of carbonyl (C=O) groups excluding carboxylic acids is 1. The minimum Gasteiger partial charge on any atom is -0.356 e. The Bertz CT molecular complexity index is 802. The summed E-state index contributed by atoms with van der Waals surface area (Å²) in [6, 6.07) is 10.4. The van der Waals surface area contributed by atoms with E-state index in [1.54, 1.807) is 0 Å². The van der Waals surface area contributed by atoms with Crippen molar-refractivity contribution < 1.29 is 4.79 Å². The lowest BCUT2D eigenvalue weighted by atomic mass is 9.86. The van der Waals surface area contributed by atoms with Gasteiger partial charge in [0.05, 0.1) is 5.69 Å². The second kappa shape index (κ2) is 7.44. The van der Waals surface area contributed by atoms with Gasteiger partial charge in [0, 0.05) is 69.1 Å². The number of aromatic nitrogens is 2. The predicted octanol–water partition coefficient (Wildman–Crippen LogP) is 1.87. The highest BCUT2D eigenvalue weighted by Gasteiger charge is 2.40. The average molecular weight is 367 g/mol. The molecule has 0 bridgehead atoms. The molecule has 0 saturated carbocycles. The van der Waals surface area contributed by atoms with Gasteiger partial charge in [-0.1, -0.05) is 30.3 Å². The number of hydrogen-bond donors (Lipinski definition) is 1. The zero-order valence-electron chi connectivity index (χ0n) is 16.3. The molecule has 2 aliphatic heterocycles. The second-order valence-electron chi connectivity index (χ2n) is 8.00. The van der Waals surface area contributed by atoms with Crippen LogP contribution in [-0.4, -0.2) is 64.3 Å². The maximum atomic E-state index is 11.8. The molecule has 144 valence electrons. The molecule has 1 N–H and O–H groups in total. The van der Waals surface area contributed by atoms with Crippen molar-refractivity contribution in [2.45, 2.75) is 31.3 Å². The molecule has 27 heavy (non-hydrogen) atoms. The van der Waals surface area contributed by atoms with Crippen LogP contribution in [0.3, 0.4) is 0 Å². The first-order valence-electron chi connectivity index (χ1n) is 9.84. The molecule has 1 aromatic carbocycles. The summed E-state index contributed by atoms with van der Waals surface area (Å²) in [5, 5.41) is 7.75. The third kappa shape index (κ3) is 3.77. The van der Waals surface area contributed by atoms with E-state index in [0.29, 0.717) is 6.42 Å². The Labute approximate surface area is 161 Å². The number of amides is 1. The van der Waals surface area contributed by atoms with Crippen LogP contribution in [0.4, 0.5) is 0 Å². The van der Waals surface area contributed by atoms with Crippen molar-refractivity contribution in [3.63, 3.8) is 0 Å². The molecular weight excluding hydrogens is 338 g/mol. The fourth-order valence-electron chi connectivity index (χ4n) is 4.55. The van der Waals surface area contributed by atoms with Crippen molar-refractivity contribution >= 4 is 5.91 Å². The second-order valence-corrected chi connectivity index (χ2v) is 8.00. The number of piperazine rings is 1. The summed E-state index contributed by atoms with van der Waals surface area (Å²) in [5.74, 6) is 0.191. The number of carbonyl (C=O) groups is 1. The van der Waals surface area contributed by atoms with Gasteiger partial charge in [0.2, 0.25) is 5.91 Å². The van der Waals surface area contributed by atoms with Crippen LogP contribution in [0.5, 0.6) is 0 Å². The Morgan fingerprint density at radius 1 is 1.15 bits per heavy atom. The number of aryl methyl sites for hydroxylation is 1. The SMILES string of the molecule is CN1CCN(Cc2cn(C)nc2-c2ccccc2)CC12CCNC(=O)CC2. The monoisotopic (exact) mass is 367 g/mol. The van der Waals surface area contributed by atoms with Crippen molar-refractivity contribution in [3.8, 4) is 11.3 Å². The van der Waals surface area contributed by atoms with E-state index in [9.17, 15) is 4.79 Å². The van der Waals surface area contributed by atoms with E-state index >= 15 is 0 Å². The van der Waals surface area contributed by atoms with E-state index in [1.165, 1.54) is 11.1 Å². The van der Waals surface area contributed by atoms with Gasteiger partial charge in [-0.25, -0.2) is 0 Å². The number of benzene rings is 1. The lowest BCUT2D eigenvalue weighted by Gasteiger charge is -2.49. The predicted molar refractivity (Wildman–Crippen MR) is 106 cm³/mol.